The normalized spacial score (nSPS) is 16.8. The van der Waals surface area contributed by atoms with E-state index in [1.807, 2.05) is 18.2 Å². The Morgan fingerprint density at radius 3 is 2.33 bits per heavy atom. The van der Waals surface area contributed by atoms with Gasteiger partial charge in [-0.2, -0.15) is 0 Å². The highest BCUT2D eigenvalue weighted by Crippen LogP contribution is 2.35. The Balaban J connectivity index is 1.80. The number of carbonyl (C=O) groups is 2. The first-order valence-electron chi connectivity index (χ1n) is 11.7. The quantitative estimate of drug-likeness (QED) is 0.173. The fraction of sp³-hybridized carbons (Fsp3) is 0.667. The minimum Gasteiger partial charge on any atom is -0.493 e. The Kier molecular flexibility index (Phi) is 11.1. The van der Waals surface area contributed by atoms with Crippen molar-refractivity contribution in [2.24, 2.45) is 0 Å². The number of rotatable bonds is 15. The summed E-state index contributed by atoms with van der Waals surface area (Å²) in [7, 11) is 1.60. The van der Waals surface area contributed by atoms with E-state index in [9.17, 15) is 9.59 Å². The Hall–Kier alpha value is -2.68. The summed E-state index contributed by atoms with van der Waals surface area (Å²) in [5.41, 5.74) is 0.964. The summed E-state index contributed by atoms with van der Waals surface area (Å²) in [6.45, 7) is 3.37. The lowest BCUT2D eigenvalue weighted by atomic mass is 10.1. The summed E-state index contributed by atoms with van der Waals surface area (Å²) in [4.78, 5) is 21.9. The van der Waals surface area contributed by atoms with E-state index in [-0.39, 0.29) is 18.9 Å². The van der Waals surface area contributed by atoms with Gasteiger partial charge in [-0.3, -0.25) is 0 Å². The van der Waals surface area contributed by atoms with Crippen molar-refractivity contribution in [2.75, 3.05) is 13.7 Å². The van der Waals surface area contributed by atoms with Crippen LogP contribution in [0.25, 0.3) is 0 Å². The second-order valence-corrected chi connectivity index (χ2v) is 8.42. The zero-order chi connectivity index (χ0) is 24.1. The van der Waals surface area contributed by atoms with Gasteiger partial charge >= 0.3 is 12.3 Å². The van der Waals surface area contributed by atoms with E-state index in [4.69, 9.17) is 29.2 Å². The molecular weight excluding hydrogens is 430 g/mol. The molecule has 0 spiro atoms. The summed E-state index contributed by atoms with van der Waals surface area (Å²) in [6.07, 6.45) is 6.25. The number of hydrogen-bond donors (Lipinski definition) is 3. The number of nitrogens with one attached hydrogen (secondary N) is 1. The first-order valence-corrected chi connectivity index (χ1v) is 11.7. The van der Waals surface area contributed by atoms with Crippen molar-refractivity contribution in [1.82, 2.24) is 5.32 Å². The predicted octanol–water partition coefficient (Wildman–Crippen LogP) is 5.55. The minimum atomic E-state index is -1.67. The van der Waals surface area contributed by atoms with E-state index in [0.29, 0.717) is 31.1 Å². The zero-order valence-electron chi connectivity index (χ0n) is 19.6. The molecule has 1 aromatic rings. The molecule has 2 rings (SSSR count). The summed E-state index contributed by atoms with van der Waals surface area (Å²) >= 11 is 0. The molecule has 0 radical (unpaired) electrons. The van der Waals surface area contributed by atoms with Gasteiger partial charge in [-0.25, -0.2) is 9.59 Å². The number of hydrogen-bond acceptors (Lipinski definition) is 7. The molecular formula is C24H37NO8. The van der Waals surface area contributed by atoms with Gasteiger partial charge in [0.15, 0.2) is 11.5 Å². The molecule has 1 saturated carbocycles. The number of unbranched alkanes of at least 4 members (excludes halogenated alkanes) is 6. The average molecular weight is 468 g/mol. The molecule has 0 aromatic heterocycles. The van der Waals surface area contributed by atoms with E-state index >= 15 is 0 Å². The van der Waals surface area contributed by atoms with Gasteiger partial charge in [-0.1, -0.05) is 51.5 Å². The van der Waals surface area contributed by atoms with Gasteiger partial charge in [-0.05, 0) is 30.5 Å². The van der Waals surface area contributed by atoms with Crippen LogP contribution in [0.15, 0.2) is 18.2 Å². The van der Waals surface area contributed by atoms with E-state index in [1.165, 1.54) is 32.1 Å². The van der Waals surface area contributed by atoms with Crippen molar-refractivity contribution < 1.29 is 38.7 Å². The van der Waals surface area contributed by atoms with Crippen molar-refractivity contribution in [3.63, 3.8) is 0 Å². The molecule has 9 nitrogen and oxygen atoms in total. The lowest BCUT2D eigenvalue weighted by molar-refractivity contribution is -0.177. The van der Waals surface area contributed by atoms with Crippen LogP contribution in [0.5, 0.6) is 11.5 Å². The molecule has 1 aliphatic rings. The Morgan fingerprint density at radius 1 is 1.03 bits per heavy atom. The lowest BCUT2D eigenvalue weighted by Crippen LogP contribution is -2.39. The highest BCUT2D eigenvalue weighted by Gasteiger charge is 2.46. The Morgan fingerprint density at radius 2 is 1.70 bits per heavy atom. The third-order valence-electron chi connectivity index (χ3n) is 5.81. The molecule has 186 valence electrons. The maximum atomic E-state index is 11.0. The van der Waals surface area contributed by atoms with Gasteiger partial charge < -0.3 is 34.5 Å². The molecule has 1 atom stereocenters. The van der Waals surface area contributed by atoms with Crippen molar-refractivity contribution in [3.8, 4) is 11.5 Å². The van der Waals surface area contributed by atoms with Crippen molar-refractivity contribution in [1.29, 1.82) is 0 Å². The summed E-state index contributed by atoms with van der Waals surface area (Å²) in [5, 5.41) is 21.2. The predicted molar refractivity (Wildman–Crippen MR) is 122 cm³/mol. The third kappa shape index (κ3) is 9.37. The summed E-state index contributed by atoms with van der Waals surface area (Å²) in [6, 6.07) is 5.58. The summed E-state index contributed by atoms with van der Waals surface area (Å²) < 4.78 is 20.9. The zero-order valence-corrected chi connectivity index (χ0v) is 19.6. The van der Waals surface area contributed by atoms with E-state index in [0.717, 1.165) is 18.4 Å². The van der Waals surface area contributed by atoms with Gasteiger partial charge in [0.25, 0.3) is 5.79 Å². The second-order valence-electron chi connectivity index (χ2n) is 8.42. The van der Waals surface area contributed by atoms with Crippen molar-refractivity contribution >= 4 is 12.3 Å². The van der Waals surface area contributed by atoms with Gasteiger partial charge in [0.05, 0.1) is 13.7 Å². The molecule has 9 heteroatoms. The number of benzene rings is 1. The third-order valence-corrected chi connectivity index (χ3v) is 5.81. The maximum Gasteiger partial charge on any atom is 0.509 e. The van der Waals surface area contributed by atoms with Crippen LogP contribution in [0, 0.1) is 0 Å². The monoisotopic (exact) mass is 467 g/mol. The molecule has 0 amide bonds. The SMILES string of the molecule is CCCCCCCCCOc1ccc(CNC2CCC(OC(=O)O)(OC(=O)O)C2)cc1OC. The second kappa shape index (κ2) is 13.8. The standard InChI is InChI=1S/C24H37NO8/c1-3-4-5-6-7-8-9-14-31-20-11-10-18(15-21(20)30-2)17-25-19-12-13-24(16-19,32-22(26)27)33-23(28)29/h10-11,15,19,25H,3-9,12-14,16-17H2,1-2H3,(H,26,27)(H,28,29). The molecule has 1 aliphatic carbocycles. The van der Waals surface area contributed by atoms with E-state index < -0.39 is 18.1 Å². The highest BCUT2D eigenvalue weighted by atomic mass is 16.8. The molecule has 33 heavy (non-hydrogen) atoms. The van der Waals surface area contributed by atoms with Gasteiger partial charge in [0.1, 0.15) is 0 Å². The number of ether oxygens (including phenoxy) is 4. The smallest absolute Gasteiger partial charge is 0.493 e. The van der Waals surface area contributed by atoms with Crippen LogP contribution in [0.3, 0.4) is 0 Å². The van der Waals surface area contributed by atoms with Crippen molar-refractivity contribution in [2.45, 2.75) is 89.5 Å². The molecule has 1 unspecified atom stereocenters. The van der Waals surface area contributed by atoms with Crippen LogP contribution in [-0.4, -0.2) is 48.1 Å². The van der Waals surface area contributed by atoms with E-state index in [2.05, 4.69) is 12.2 Å². The molecule has 3 N–H and O–H groups in total. The Bertz CT molecular complexity index is 738. The van der Waals surface area contributed by atoms with Crippen LogP contribution >= 0.6 is 0 Å². The van der Waals surface area contributed by atoms with Crippen LogP contribution in [-0.2, 0) is 16.0 Å². The lowest BCUT2D eigenvalue weighted by Gasteiger charge is -2.26. The van der Waals surface area contributed by atoms with E-state index in [1.54, 1.807) is 7.11 Å². The highest BCUT2D eigenvalue weighted by molar-refractivity contribution is 5.60. The summed E-state index contributed by atoms with van der Waals surface area (Å²) in [5.74, 6) is -0.306. The van der Waals surface area contributed by atoms with Gasteiger partial charge in [0.2, 0.25) is 0 Å². The van der Waals surface area contributed by atoms with Crippen molar-refractivity contribution in [3.05, 3.63) is 23.8 Å². The molecule has 0 aliphatic heterocycles. The van der Waals surface area contributed by atoms with Crippen LogP contribution < -0.4 is 14.8 Å². The Labute approximate surface area is 195 Å². The van der Waals surface area contributed by atoms with Gasteiger partial charge in [0, 0.05) is 25.4 Å². The fourth-order valence-electron chi connectivity index (χ4n) is 4.12. The van der Waals surface area contributed by atoms with Gasteiger partial charge in [-0.15, -0.1) is 0 Å². The molecule has 0 bridgehead atoms. The molecule has 1 aromatic carbocycles. The fourth-order valence-corrected chi connectivity index (χ4v) is 4.12. The van der Waals surface area contributed by atoms with Crippen LogP contribution in [0.2, 0.25) is 0 Å². The number of carboxylic acid groups (broad SMARTS) is 2. The first-order chi connectivity index (χ1) is 15.9. The molecule has 0 saturated heterocycles. The number of methoxy groups -OCH3 is 1. The first kappa shape index (κ1) is 26.6. The largest absolute Gasteiger partial charge is 0.509 e. The topological polar surface area (TPSA) is 124 Å². The van der Waals surface area contributed by atoms with Crippen LogP contribution in [0.1, 0.15) is 76.7 Å². The minimum absolute atomic E-state index is 0.113. The molecule has 0 heterocycles. The maximum absolute atomic E-state index is 11.0. The average Bonchev–Trinajstić information content (AvgIpc) is 3.15. The molecule has 1 fully saturated rings. The van der Waals surface area contributed by atoms with Crippen LogP contribution in [0.4, 0.5) is 9.59 Å².